The molecule has 0 aromatic rings. The third-order valence-electron chi connectivity index (χ3n) is 2.03. The molecule has 0 amide bonds. The summed E-state index contributed by atoms with van der Waals surface area (Å²) in [5.74, 6) is -0.458. The predicted molar refractivity (Wildman–Crippen MR) is 63.6 cm³/mol. The largest absolute Gasteiger partial charge is 0.466 e. The minimum absolute atomic E-state index is 0.229. The van der Waals surface area contributed by atoms with Crippen LogP contribution in [0.25, 0.3) is 0 Å². The summed E-state index contributed by atoms with van der Waals surface area (Å²) in [7, 11) is 0. The fourth-order valence-corrected chi connectivity index (χ4v) is 1.19. The Morgan fingerprint density at radius 1 is 0.824 bits per heavy atom. The number of unbranched alkanes of at least 4 members (excludes halogenated alkanes) is 2. The smallest absolute Gasteiger partial charge is 0.302 e. The van der Waals surface area contributed by atoms with Crippen molar-refractivity contribution in [1.29, 1.82) is 0 Å². The Hall–Kier alpha value is -1.10. The van der Waals surface area contributed by atoms with Gasteiger partial charge in [0.15, 0.2) is 0 Å². The van der Waals surface area contributed by atoms with Crippen LogP contribution in [0, 0.1) is 0 Å². The number of carbonyl (C=O) groups excluding carboxylic acids is 2. The SMILES string of the molecule is CC(=O)OCCCC[N]CCCCOC(C)=O. The number of ether oxygens (including phenoxy) is 2. The van der Waals surface area contributed by atoms with Gasteiger partial charge in [0.05, 0.1) is 13.2 Å². The van der Waals surface area contributed by atoms with Crippen LogP contribution in [-0.4, -0.2) is 38.2 Å². The highest BCUT2D eigenvalue weighted by molar-refractivity contribution is 5.66. The molecule has 0 fully saturated rings. The van der Waals surface area contributed by atoms with Crippen LogP contribution in [0.4, 0.5) is 0 Å². The Morgan fingerprint density at radius 2 is 1.24 bits per heavy atom. The number of hydrogen-bond acceptors (Lipinski definition) is 4. The number of esters is 2. The second kappa shape index (κ2) is 11.4. The molecule has 0 bridgehead atoms. The van der Waals surface area contributed by atoms with Crippen molar-refractivity contribution in [3.63, 3.8) is 0 Å². The molecule has 0 aliphatic rings. The summed E-state index contributed by atoms with van der Waals surface area (Å²) in [6, 6.07) is 0. The lowest BCUT2D eigenvalue weighted by atomic mass is 10.3. The lowest BCUT2D eigenvalue weighted by molar-refractivity contribution is -0.142. The summed E-state index contributed by atoms with van der Waals surface area (Å²) in [6.07, 6.45) is 3.60. The van der Waals surface area contributed by atoms with Crippen LogP contribution >= 0.6 is 0 Å². The highest BCUT2D eigenvalue weighted by Gasteiger charge is 1.95. The minimum Gasteiger partial charge on any atom is -0.466 e. The van der Waals surface area contributed by atoms with Gasteiger partial charge in [-0.3, -0.25) is 9.59 Å². The second-order valence-electron chi connectivity index (χ2n) is 3.77. The van der Waals surface area contributed by atoms with Crippen molar-refractivity contribution in [1.82, 2.24) is 5.32 Å². The van der Waals surface area contributed by atoms with Crippen molar-refractivity contribution in [2.75, 3.05) is 26.3 Å². The van der Waals surface area contributed by atoms with E-state index in [2.05, 4.69) is 5.32 Å². The molecule has 0 aromatic heterocycles. The number of rotatable bonds is 10. The third kappa shape index (κ3) is 14.9. The van der Waals surface area contributed by atoms with Gasteiger partial charge in [-0.2, -0.15) is 0 Å². The fraction of sp³-hybridized carbons (Fsp3) is 0.833. The normalized spacial score (nSPS) is 10.0. The van der Waals surface area contributed by atoms with Crippen LogP contribution in [0.5, 0.6) is 0 Å². The number of nitrogens with zero attached hydrogens (tertiary/aromatic N) is 1. The maximum Gasteiger partial charge on any atom is 0.302 e. The van der Waals surface area contributed by atoms with Gasteiger partial charge in [0.1, 0.15) is 0 Å². The first-order valence-electron chi connectivity index (χ1n) is 6.03. The maximum atomic E-state index is 10.4. The Balaban J connectivity index is 2.98. The zero-order valence-electron chi connectivity index (χ0n) is 10.7. The molecule has 1 radical (unpaired) electrons. The summed E-state index contributed by atoms with van der Waals surface area (Å²) < 4.78 is 9.59. The molecule has 0 spiro atoms. The monoisotopic (exact) mass is 244 g/mol. The first-order valence-corrected chi connectivity index (χ1v) is 6.03. The van der Waals surface area contributed by atoms with Gasteiger partial charge in [-0.25, -0.2) is 5.32 Å². The van der Waals surface area contributed by atoms with E-state index in [0.717, 1.165) is 38.8 Å². The lowest BCUT2D eigenvalue weighted by Crippen LogP contribution is -2.11. The van der Waals surface area contributed by atoms with Gasteiger partial charge in [0.25, 0.3) is 0 Å². The molecule has 0 aliphatic heterocycles. The molecule has 99 valence electrons. The van der Waals surface area contributed by atoms with E-state index in [9.17, 15) is 9.59 Å². The Kier molecular flexibility index (Phi) is 10.7. The second-order valence-corrected chi connectivity index (χ2v) is 3.77. The molecule has 0 saturated carbocycles. The molecule has 5 nitrogen and oxygen atoms in total. The molecule has 0 N–H and O–H groups in total. The van der Waals surface area contributed by atoms with Gasteiger partial charge < -0.3 is 9.47 Å². The van der Waals surface area contributed by atoms with Crippen molar-refractivity contribution in [3.05, 3.63) is 0 Å². The van der Waals surface area contributed by atoms with Gasteiger partial charge in [0.2, 0.25) is 0 Å². The summed E-state index contributed by atoms with van der Waals surface area (Å²) in [5, 5.41) is 4.32. The van der Waals surface area contributed by atoms with Gasteiger partial charge in [0, 0.05) is 26.9 Å². The highest BCUT2D eigenvalue weighted by atomic mass is 16.5. The van der Waals surface area contributed by atoms with Gasteiger partial charge in [-0.05, 0) is 25.7 Å². The Morgan fingerprint density at radius 3 is 1.59 bits per heavy atom. The van der Waals surface area contributed by atoms with Crippen LogP contribution in [0.2, 0.25) is 0 Å². The molecule has 0 atom stereocenters. The molecule has 17 heavy (non-hydrogen) atoms. The number of hydrogen-bond donors (Lipinski definition) is 0. The Bertz CT molecular complexity index is 197. The van der Waals surface area contributed by atoms with Crippen molar-refractivity contribution in [3.8, 4) is 0 Å². The molecule has 0 aromatic carbocycles. The van der Waals surface area contributed by atoms with E-state index in [1.807, 2.05) is 0 Å². The maximum absolute atomic E-state index is 10.4. The van der Waals surface area contributed by atoms with E-state index in [1.165, 1.54) is 13.8 Å². The van der Waals surface area contributed by atoms with Gasteiger partial charge in [-0.1, -0.05) is 0 Å². The minimum atomic E-state index is -0.229. The van der Waals surface area contributed by atoms with Gasteiger partial charge in [-0.15, -0.1) is 0 Å². The zero-order chi connectivity index (χ0) is 12.9. The highest BCUT2D eigenvalue weighted by Crippen LogP contribution is 1.92. The summed E-state index contributed by atoms with van der Waals surface area (Å²) in [6.45, 7) is 5.39. The standard InChI is InChI=1S/C12H22NO4/c1-11(14)16-9-5-3-7-13-8-4-6-10-17-12(2)15/h3-10H2,1-2H3. The molecule has 0 aliphatic carbocycles. The molecule has 0 unspecified atom stereocenters. The van der Waals surface area contributed by atoms with Crippen LogP contribution in [0.1, 0.15) is 39.5 Å². The summed E-state index contributed by atoms with van der Waals surface area (Å²) in [4.78, 5) is 20.9. The Labute approximate surface area is 103 Å². The topological polar surface area (TPSA) is 66.7 Å². The van der Waals surface area contributed by atoms with Crippen LogP contribution < -0.4 is 5.32 Å². The molecule has 0 saturated heterocycles. The van der Waals surface area contributed by atoms with E-state index >= 15 is 0 Å². The van der Waals surface area contributed by atoms with E-state index in [1.54, 1.807) is 0 Å². The van der Waals surface area contributed by atoms with Crippen molar-refractivity contribution in [2.45, 2.75) is 39.5 Å². The van der Waals surface area contributed by atoms with E-state index in [0.29, 0.717) is 13.2 Å². The first-order chi connectivity index (χ1) is 8.13. The summed E-state index contributed by atoms with van der Waals surface area (Å²) in [5.41, 5.74) is 0. The summed E-state index contributed by atoms with van der Waals surface area (Å²) >= 11 is 0. The average Bonchev–Trinajstić information content (AvgIpc) is 2.25. The quantitative estimate of drug-likeness (QED) is 0.429. The van der Waals surface area contributed by atoms with Crippen LogP contribution in [0.15, 0.2) is 0 Å². The van der Waals surface area contributed by atoms with E-state index < -0.39 is 0 Å². The number of carbonyl (C=O) groups is 2. The fourth-order valence-electron chi connectivity index (χ4n) is 1.19. The molecule has 0 rings (SSSR count). The molecule has 5 heteroatoms. The molecule has 0 heterocycles. The van der Waals surface area contributed by atoms with Crippen LogP contribution in [0.3, 0.4) is 0 Å². The van der Waals surface area contributed by atoms with Crippen molar-refractivity contribution < 1.29 is 19.1 Å². The first kappa shape index (κ1) is 15.9. The van der Waals surface area contributed by atoms with Crippen LogP contribution in [-0.2, 0) is 19.1 Å². The average molecular weight is 244 g/mol. The lowest BCUT2D eigenvalue weighted by Gasteiger charge is -2.04. The zero-order valence-corrected chi connectivity index (χ0v) is 10.7. The van der Waals surface area contributed by atoms with Crippen molar-refractivity contribution >= 4 is 11.9 Å². The predicted octanol–water partition coefficient (Wildman–Crippen LogP) is 1.28. The van der Waals surface area contributed by atoms with E-state index in [-0.39, 0.29) is 11.9 Å². The molecular weight excluding hydrogens is 222 g/mol. The van der Waals surface area contributed by atoms with Crippen molar-refractivity contribution in [2.24, 2.45) is 0 Å². The van der Waals surface area contributed by atoms with E-state index in [4.69, 9.17) is 9.47 Å². The molecular formula is C12H22NO4. The third-order valence-corrected chi connectivity index (χ3v) is 2.03. The van der Waals surface area contributed by atoms with Gasteiger partial charge >= 0.3 is 11.9 Å².